The maximum absolute atomic E-state index is 12.9. The molecule has 0 amide bonds. The second-order valence-electron chi connectivity index (χ2n) is 4.70. The molecule has 0 aliphatic heterocycles. The highest BCUT2D eigenvalue weighted by Crippen LogP contribution is 2.37. The number of rotatable bonds is 6. The molecule has 0 bridgehead atoms. The van der Waals surface area contributed by atoms with Gasteiger partial charge in [0, 0.05) is 23.3 Å². The number of methoxy groups -OCH3 is 4. The number of benzene rings is 2. The molecule has 128 valence electrons. The fourth-order valence-electron chi connectivity index (χ4n) is 2.20. The Kier molecular flexibility index (Phi) is 5.80. The van der Waals surface area contributed by atoms with E-state index in [1.54, 1.807) is 0 Å². The van der Waals surface area contributed by atoms with Crippen molar-refractivity contribution in [3.8, 4) is 23.0 Å². The van der Waals surface area contributed by atoms with E-state index >= 15 is 0 Å². The van der Waals surface area contributed by atoms with Crippen LogP contribution >= 0.6 is 23.2 Å². The van der Waals surface area contributed by atoms with Crippen LogP contribution in [-0.4, -0.2) is 34.2 Å². The Morgan fingerprint density at radius 2 is 0.958 bits per heavy atom. The summed E-state index contributed by atoms with van der Waals surface area (Å²) in [4.78, 5) is 12.9. The molecular formula is C17H16Cl2O5. The van der Waals surface area contributed by atoms with Crippen LogP contribution in [0.3, 0.4) is 0 Å². The van der Waals surface area contributed by atoms with Crippen molar-refractivity contribution >= 4 is 29.0 Å². The van der Waals surface area contributed by atoms with E-state index in [1.165, 1.54) is 52.7 Å². The van der Waals surface area contributed by atoms with Gasteiger partial charge in [0.15, 0.2) is 28.8 Å². The summed E-state index contributed by atoms with van der Waals surface area (Å²) in [5.74, 6) is 1.27. The number of hydrogen-bond acceptors (Lipinski definition) is 5. The molecule has 0 aliphatic rings. The van der Waals surface area contributed by atoms with E-state index in [9.17, 15) is 4.79 Å². The molecule has 0 spiro atoms. The van der Waals surface area contributed by atoms with Crippen LogP contribution in [0.5, 0.6) is 23.0 Å². The van der Waals surface area contributed by atoms with Crippen molar-refractivity contribution in [3.05, 3.63) is 45.4 Å². The zero-order chi connectivity index (χ0) is 17.9. The minimum atomic E-state index is -0.369. The Labute approximate surface area is 150 Å². The monoisotopic (exact) mass is 370 g/mol. The van der Waals surface area contributed by atoms with Gasteiger partial charge in [-0.05, 0) is 12.1 Å². The SMILES string of the molecule is COc1cc(Cl)c(C(=O)c2cc(OC)c(OC)cc2Cl)cc1OC. The Morgan fingerprint density at radius 1 is 0.667 bits per heavy atom. The summed E-state index contributed by atoms with van der Waals surface area (Å²) >= 11 is 12.4. The maximum Gasteiger partial charge on any atom is 0.196 e. The van der Waals surface area contributed by atoms with Crippen molar-refractivity contribution in [2.24, 2.45) is 0 Å². The van der Waals surface area contributed by atoms with Crippen LogP contribution in [0.4, 0.5) is 0 Å². The quantitative estimate of drug-likeness (QED) is 0.711. The van der Waals surface area contributed by atoms with E-state index < -0.39 is 0 Å². The first-order valence-corrected chi connectivity index (χ1v) is 7.60. The third-order valence-corrected chi connectivity index (χ3v) is 4.06. The Bertz CT molecular complexity index is 711. The average Bonchev–Trinajstić information content (AvgIpc) is 2.60. The normalized spacial score (nSPS) is 10.2. The van der Waals surface area contributed by atoms with Crippen molar-refractivity contribution < 1.29 is 23.7 Å². The van der Waals surface area contributed by atoms with Crippen LogP contribution < -0.4 is 18.9 Å². The number of carbonyl (C=O) groups excluding carboxylic acids is 1. The van der Waals surface area contributed by atoms with Gasteiger partial charge in [-0.1, -0.05) is 23.2 Å². The van der Waals surface area contributed by atoms with Gasteiger partial charge < -0.3 is 18.9 Å². The van der Waals surface area contributed by atoms with Gasteiger partial charge in [-0.25, -0.2) is 0 Å². The molecule has 0 fully saturated rings. The Balaban J connectivity index is 2.57. The molecule has 24 heavy (non-hydrogen) atoms. The second kappa shape index (κ2) is 7.64. The minimum Gasteiger partial charge on any atom is -0.493 e. The number of ketones is 1. The highest BCUT2D eigenvalue weighted by Gasteiger charge is 2.21. The maximum atomic E-state index is 12.9. The third-order valence-electron chi connectivity index (χ3n) is 3.44. The zero-order valence-corrected chi connectivity index (χ0v) is 15.1. The molecule has 0 unspecified atom stereocenters. The van der Waals surface area contributed by atoms with E-state index in [2.05, 4.69) is 0 Å². The molecule has 2 aromatic carbocycles. The molecule has 2 aromatic rings. The van der Waals surface area contributed by atoms with Crippen molar-refractivity contribution in [2.45, 2.75) is 0 Å². The molecule has 0 aromatic heterocycles. The third kappa shape index (κ3) is 3.37. The zero-order valence-electron chi connectivity index (χ0n) is 13.6. The lowest BCUT2D eigenvalue weighted by atomic mass is 10.0. The molecule has 5 nitrogen and oxygen atoms in total. The van der Waals surface area contributed by atoms with Crippen LogP contribution in [0.15, 0.2) is 24.3 Å². The van der Waals surface area contributed by atoms with Crippen LogP contribution in [0.25, 0.3) is 0 Å². The summed E-state index contributed by atoms with van der Waals surface area (Å²) in [6.07, 6.45) is 0. The van der Waals surface area contributed by atoms with Crippen LogP contribution in [0, 0.1) is 0 Å². The van der Waals surface area contributed by atoms with E-state index in [4.69, 9.17) is 42.1 Å². The number of halogens is 2. The lowest BCUT2D eigenvalue weighted by Gasteiger charge is -2.13. The van der Waals surface area contributed by atoms with Gasteiger partial charge in [-0.15, -0.1) is 0 Å². The molecule has 0 N–H and O–H groups in total. The van der Waals surface area contributed by atoms with E-state index in [-0.39, 0.29) is 27.0 Å². The fraction of sp³-hybridized carbons (Fsp3) is 0.235. The predicted octanol–water partition coefficient (Wildman–Crippen LogP) is 4.26. The summed E-state index contributed by atoms with van der Waals surface area (Å²) < 4.78 is 20.8. The second-order valence-corrected chi connectivity index (χ2v) is 5.52. The predicted molar refractivity (Wildman–Crippen MR) is 92.5 cm³/mol. The fourth-order valence-corrected chi connectivity index (χ4v) is 2.68. The molecule has 0 aliphatic carbocycles. The van der Waals surface area contributed by atoms with Crippen molar-refractivity contribution in [1.29, 1.82) is 0 Å². The summed E-state index contributed by atoms with van der Waals surface area (Å²) in [5.41, 5.74) is 0.479. The summed E-state index contributed by atoms with van der Waals surface area (Å²) in [7, 11) is 5.93. The lowest BCUT2D eigenvalue weighted by molar-refractivity contribution is 0.103. The van der Waals surface area contributed by atoms with Crippen LogP contribution in [0.1, 0.15) is 15.9 Å². The molecule has 0 saturated carbocycles. The lowest BCUT2D eigenvalue weighted by Crippen LogP contribution is -2.05. The highest BCUT2D eigenvalue weighted by atomic mass is 35.5. The molecule has 0 atom stereocenters. The average molecular weight is 371 g/mol. The van der Waals surface area contributed by atoms with Crippen LogP contribution in [-0.2, 0) is 0 Å². The van der Waals surface area contributed by atoms with Gasteiger partial charge in [0.05, 0.1) is 38.5 Å². The first-order chi connectivity index (χ1) is 11.5. The molecule has 0 heterocycles. The van der Waals surface area contributed by atoms with Gasteiger partial charge in [0.2, 0.25) is 0 Å². The van der Waals surface area contributed by atoms with Gasteiger partial charge in [0.1, 0.15) is 0 Å². The van der Waals surface area contributed by atoms with Gasteiger partial charge >= 0.3 is 0 Å². The Morgan fingerprint density at radius 3 is 1.25 bits per heavy atom. The van der Waals surface area contributed by atoms with Gasteiger partial charge in [-0.3, -0.25) is 4.79 Å². The van der Waals surface area contributed by atoms with Crippen molar-refractivity contribution in [1.82, 2.24) is 0 Å². The van der Waals surface area contributed by atoms with E-state index in [0.29, 0.717) is 23.0 Å². The molecule has 7 heteroatoms. The smallest absolute Gasteiger partial charge is 0.196 e. The molecular weight excluding hydrogens is 355 g/mol. The molecule has 0 saturated heterocycles. The first kappa shape index (κ1) is 18.2. The number of carbonyl (C=O) groups is 1. The summed E-state index contributed by atoms with van der Waals surface area (Å²) in [5, 5.41) is 0.451. The van der Waals surface area contributed by atoms with E-state index in [1.807, 2.05) is 0 Å². The van der Waals surface area contributed by atoms with Crippen LogP contribution in [0.2, 0.25) is 10.0 Å². The Hall–Kier alpha value is -2.11. The van der Waals surface area contributed by atoms with E-state index in [0.717, 1.165) is 0 Å². The minimum absolute atomic E-state index is 0.225. The van der Waals surface area contributed by atoms with Gasteiger partial charge in [-0.2, -0.15) is 0 Å². The van der Waals surface area contributed by atoms with Gasteiger partial charge in [0.25, 0.3) is 0 Å². The molecule has 2 rings (SSSR count). The summed E-state index contributed by atoms with van der Waals surface area (Å²) in [6.45, 7) is 0. The topological polar surface area (TPSA) is 54.0 Å². The molecule has 0 radical (unpaired) electrons. The first-order valence-electron chi connectivity index (χ1n) is 6.84. The number of hydrogen-bond donors (Lipinski definition) is 0. The van der Waals surface area contributed by atoms with Crippen molar-refractivity contribution in [3.63, 3.8) is 0 Å². The van der Waals surface area contributed by atoms with Crippen molar-refractivity contribution in [2.75, 3.05) is 28.4 Å². The summed E-state index contributed by atoms with van der Waals surface area (Å²) in [6, 6.07) is 6.05. The number of ether oxygens (including phenoxy) is 4. The standard InChI is InChI=1S/C17H16Cl2O5/c1-21-13-5-9(11(18)7-15(13)23-3)17(20)10-6-14(22-2)16(24-4)8-12(10)19/h5-8H,1-4H3. The highest BCUT2D eigenvalue weighted by molar-refractivity contribution is 6.38. The largest absolute Gasteiger partial charge is 0.493 e.